The van der Waals surface area contributed by atoms with E-state index < -0.39 is 5.60 Å². The molecule has 1 aliphatic rings. The van der Waals surface area contributed by atoms with Crippen molar-refractivity contribution in [3.8, 4) is 0 Å². The molecule has 1 aromatic heterocycles. The maximum Gasteiger partial charge on any atom is 0.410 e. The lowest BCUT2D eigenvalue weighted by Crippen LogP contribution is -2.41. The molecule has 0 saturated carbocycles. The van der Waals surface area contributed by atoms with Crippen molar-refractivity contribution in [1.29, 1.82) is 0 Å². The van der Waals surface area contributed by atoms with Crippen molar-refractivity contribution in [2.75, 3.05) is 6.54 Å². The Kier molecular flexibility index (Phi) is 3.11. The molecule has 0 radical (unpaired) electrons. The number of aromatic nitrogens is 2. The van der Waals surface area contributed by atoms with Gasteiger partial charge in [0, 0.05) is 6.54 Å². The van der Waals surface area contributed by atoms with Gasteiger partial charge in [-0.15, -0.1) is 0 Å². The molecule has 0 aliphatic carbocycles. The Morgan fingerprint density at radius 1 is 1.44 bits per heavy atom. The number of hydrogen-bond donors (Lipinski definition) is 0. The van der Waals surface area contributed by atoms with Crippen molar-refractivity contribution in [3.05, 3.63) is 17.5 Å². The summed E-state index contributed by atoms with van der Waals surface area (Å²) in [4.78, 5) is 24.4. The van der Waals surface area contributed by atoms with E-state index in [4.69, 9.17) is 4.74 Å². The molecule has 0 fully saturated rings. The Bertz CT molecular complexity index is 473. The van der Waals surface area contributed by atoms with E-state index in [1.54, 1.807) is 9.58 Å². The van der Waals surface area contributed by atoms with Gasteiger partial charge < -0.3 is 9.64 Å². The zero-order valence-corrected chi connectivity index (χ0v) is 10.8. The molecule has 1 aromatic rings. The summed E-state index contributed by atoms with van der Waals surface area (Å²) in [5.74, 6) is 0. The number of amides is 1. The summed E-state index contributed by atoms with van der Waals surface area (Å²) in [5.41, 5.74) is 0.785. The van der Waals surface area contributed by atoms with Crippen molar-refractivity contribution in [3.63, 3.8) is 0 Å². The third-order valence-electron chi connectivity index (χ3n) is 2.68. The molecule has 18 heavy (non-hydrogen) atoms. The van der Waals surface area contributed by atoms with Crippen LogP contribution in [0.2, 0.25) is 0 Å². The van der Waals surface area contributed by atoms with Gasteiger partial charge in [0.15, 0.2) is 6.29 Å². The van der Waals surface area contributed by atoms with Crippen LogP contribution in [0.4, 0.5) is 4.79 Å². The molecular formula is C12H17N3O3. The molecule has 0 N–H and O–H groups in total. The van der Waals surface area contributed by atoms with Crippen molar-refractivity contribution < 1.29 is 14.3 Å². The summed E-state index contributed by atoms with van der Waals surface area (Å²) in [6.45, 7) is 6.98. The summed E-state index contributed by atoms with van der Waals surface area (Å²) < 4.78 is 7.07. The summed E-state index contributed by atoms with van der Waals surface area (Å²) in [5, 5.41) is 4.10. The average Bonchev–Trinajstić information content (AvgIpc) is 2.68. The fourth-order valence-electron chi connectivity index (χ4n) is 1.85. The molecule has 2 heterocycles. The predicted octanol–water partition coefficient (Wildman–Crippen LogP) is 1.45. The fraction of sp³-hybridized carbons (Fsp3) is 0.583. The quantitative estimate of drug-likeness (QED) is 0.708. The van der Waals surface area contributed by atoms with E-state index in [0.29, 0.717) is 25.2 Å². The Labute approximate surface area is 106 Å². The molecule has 98 valence electrons. The van der Waals surface area contributed by atoms with Gasteiger partial charge in [-0.1, -0.05) is 0 Å². The molecule has 0 spiro atoms. The van der Waals surface area contributed by atoms with Crippen molar-refractivity contribution in [1.82, 2.24) is 14.7 Å². The fourth-order valence-corrected chi connectivity index (χ4v) is 1.85. The van der Waals surface area contributed by atoms with Crippen LogP contribution in [0.25, 0.3) is 0 Å². The monoisotopic (exact) mass is 251 g/mol. The zero-order valence-electron chi connectivity index (χ0n) is 10.8. The molecule has 0 saturated heterocycles. The molecule has 1 aliphatic heterocycles. The smallest absolute Gasteiger partial charge is 0.410 e. The molecule has 0 unspecified atom stereocenters. The number of carbonyl (C=O) groups excluding carboxylic acids is 2. The largest absolute Gasteiger partial charge is 0.444 e. The molecule has 0 atom stereocenters. The van der Waals surface area contributed by atoms with Crippen LogP contribution in [0.5, 0.6) is 0 Å². The van der Waals surface area contributed by atoms with Gasteiger partial charge >= 0.3 is 6.09 Å². The first-order chi connectivity index (χ1) is 8.40. The lowest BCUT2D eigenvalue weighted by atomic mass is 10.2. The highest BCUT2D eigenvalue weighted by molar-refractivity contribution is 5.76. The van der Waals surface area contributed by atoms with Crippen molar-refractivity contribution in [2.45, 2.75) is 39.5 Å². The van der Waals surface area contributed by atoms with E-state index >= 15 is 0 Å². The Hall–Kier alpha value is -1.85. The Morgan fingerprint density at radius 3 is 2.78 bits per heavy atom. The minimum absolute atomic E-state index is 0.355. The maximum absolute atomic E-state index is 11.9. The number of hydrogen-bond acceptors (Lipinski definition) is 4. The third-order valence-corrected chi connectivity index (χ3v) is 2.68. The average molecular weight is 251 g/mol. The van der Waals surface area contributed by atoms with Gasteiger partial charge in [0.1, 0.15) is 5.60 Å². The topological polar surface area (TPSA) is 64.4 Å². The molecule has 2 rings (SSSR count). The lowest BCUT2D eigenvalue weighted by Gasteiger charge is -2.30. The highest BCUT2D eigenvalue weighted by Crippen LogP contribution is 2.18. The molecule has 0 bridgehead atoms. The maximum atomic E-state index is 11.9. The standard InChI is InChI=1S/C12H17N3O3/c1-12(2,3)18-11(17)14-4-5-15-10(7-14)9(8-16)6-13-15/h6,8H,4-5,7H2,1-3H3. The number of aldehydes is 1. The zero-order chi connectivity index (χ0) is 13.3. The second-order valence-corrected chi connectivity index (χ2v) is 5.29. The van der Waals surface area contributed by atoms with Gasteiger partial charge in [0.05, 0.1) is 30.5 Å². The first-order valence-corrected chi connectivity index (χ1v) is 5.88. The molecule has 6 nitrogen and oxygen atoms in total. The highest BCUT2D eigenvalue weighted by Gasteiger charge is 2.27. The Morgan fingerprint density at radius 2 is 2.17 bits per heavy atom. The summed E-state index contributed by atoms with van der Waals surface area (Å²) in [6, 6.07) is 0. The third kappa shape index (κ3) is 2.52. The molecule has 0 aromatic carbocycles. The van der Waals surface area contributed by atoms with E-state index in [9.17, 15) is 9.59 Å². The van der Waals surface area contributed by atoms with Crippen LogP contribution >= 0.6 is 0 Å². The van der Waals surface area contributed by atoms with Gasteiger partial charge in [0.25, 0.3) is 0 Å². The number of rotatable bonds is 1. The van der Waals surface area contributed by atoms with Gasteiger partial charge in [-0.3, -0.25) is 9.48 Å². The van der Waals surface area contributed by atoms with E-state index in [2.05, 4.69) is 5.10 Å². The normalized spacial score (nSPS) is 15.2. The van der Waals surface area contributed by atoms with Gasteiger partial charge in [0.2, 0.25) is 0 Å². The lowest BCUT2D eigenvalue weighted by molar-refractivity contribution is 0.0193. The second kappa shape index (κ2) is 4.44. The van der Waals surface area contributed by atoms with Crippen LogP contribution in [0.15, 0.2) is 6.20 Å². The molecule has 6 heteroatoms. The minimum Gasteiger partial charge on any atom is -0.444 e. The second-order valence-electron chi connectivity index (χ2n) is 5.29. The van der Waals surface area contributed by atoms with Crippen molar-refractivity contribution >= 4 is 12.4 Å². The van der Waals surface area contributed by atoms with E-state index in [-0.39, 0.29) is 6.09 Å². The minimum atomic E-state index is -0.512. The highest BCUT2D eigenvalue weighted by atomic mass is 16.6. The van der Waals surface area contributed by atoms with Crippen LogP contribution in [-0.4, -0.2) is 39.2 Å². The Balaban J connectivity index is 2.11. The van der Waals surface area contributed by atoms with Crippen LogP contribution < -0.4 is 0 Å². The van der Waals surface area contributed by atoms with Gasteiger partial charge in [-0.25, -0.2) is 4.79 Å². The summed E-state index contributed by atoms with van der Waals surface area (Å²) >= 11 is 0. The molecular weight excluding hydrogens is 234 g/mol. The predicted molar refractivity (Wildman–Crippen MR) is 64.3 cm³/mol. The van der Waals surface area contributed by atoms with Crippen LogP contribution in [0.3, 0.4) is 0 Å². The van der Waals surface area contributed by atoms with Crippen LogP contribution in [-0.2, 0) is 17.8 Å². The van der Waals surface area contributed by atoms with Crippen molar-refractivity contribution in [2.24, 2.45) is 0 Å². The van der Waals surface area contributed by atoms with E-state index in [1.807, 2.05) is 20.8 Å². The van der Waals surface area contributed by atoms with Crippen LogP contribution in [0.1, 0.15) is 36.8 Å². The van der Waals surface area contributed by atoms with Gasteiger partial charge in [-0.2, -0.15) is 5.10 Å². The summed E-state index contributed by atoms with van der Waals surface area (Å²) in [7, 11) is 0. The number of nitrogens with zero attached hydrogens (tertiary/aromatic N) is 3. The number of carbonyl (C=O) groups is 2. The number of fused-ring (bicyclic) bond motifs is 1. The SMILES string of the molecule is CC(C)(C)OC(=O)N1CCn2ncc(C=O)c2C1. The summed E-state index contributed by atoms with van der Waals surface area (Å²) in [6.07, 6.45) is 1.94. The number of ether oxygens (including phenoxy) is 1. The van der Waals surface area contributed by atoms with Gasteiger partial charge in [-0.05, 0) is 20.8 Å². The molecule has 1 amide bonds. The first kappa shape index (κ1) is 12.6. The van der Waals surface area contributed by atoms with Crippen LogP contribution in [0, 0.1) is 0 Å². The van der Waals surface area contributed by atoms with E-state index in [0.717, 1.165) is 12.0 Å². The van der Waals surface area contributed by atoms with E-state index in [1.165, 1.54) is 6.20 Å². The first-order valence-electron chi connectivity index (χ1n) is 5.88.